The van der Waals surface area contributed by atoms with Crippen LogP contribution < -0.4 is 9.47 Å². The molecule has 0 N–H and O–H groups in total. The number of aromatic nitrogens is 1. The number of pyridine rings is 1. The van der Waals surface area contributed by atoms with E-state index >= 15 is 0 Å². The molecule has 0 radical (unpaired) electrons. The number of amides is 1. The first kappa shape index (κ1) is 23.1. The molecule has 0 spiro atoms. The van der Waals surface area contributed by atoms with Crippen molar-refractivity contribution in [3.05, 3.63) is 88.9 Å². The molecule has 3 atom stereocenters. The topological polar surface area (TPSA) is 51.7 Å². The number of ether oxygens (including phenoxy) is 2. The molecule has 1 amide bonds. The number of aryl methyl sites for hydroxylation is 1. The first-order valence-corrected chi connectivity index (χ1v) is 11.2. The zero-order valence-corrected chi connectivity index (χ0v) is 18.8. The summed E-state index contributed by atoms with van der Waals surface area (Å²) in [7, 11) is 0. The van der Waals surface area contributed by atoms with Crippen LogP contribution in [0.15, 0.2) is 60.7 Å². The van der Waals surface area contributed by atoms with Crippen LogP contribution in [-0.4, -0.2) is 35.5 Å². The van der Waals surface area contributed by atoms with Crippen LogP contribution in [0.25, 0.3) is 0 Å². The maximum Gasteiger partial charge on any atom is 0.416 e. The lowest BCUT2D eigenvalue weighted by atomic mass is 9.85. The standard InChI is InChI=1S/C26H22F4N2O3/c1-15-3-2-4-23(31-15)35-13-17-12-32(25(33)16-5-7-18(8-6-16)26(28,29)30)24-20-11-19(27)9-10-22(20)34-14-21(17)24/h2-11,17,21,24H,12-14H2,1H3/t17-,21-,24-/m0/s1. The SMILES string of the molecule is Cc1cccc(OC[C@@H]2CN(C(=O)c3ccc(C(F)(F)F)cc3)[C@H]3c4cc(F)ccc4OC[C@@H]23)n1. The van der Waals surface area contributed by atoms with Crippen molar-refractivity contribution in [3.8, 4) is 11.6 Å². The molecule has 1 aromatic heterocycles. The van der Waals surface area contributed by atoms with Crippen molar-refractivity contribution in [2.75, 3.05) is 19.8 Å². The third kappa shape index (κ3) is 4.54. The van der Waals surface area contributed by atoms with Crippen LogP contribution in [0, 0.1) is 24.6 Å². The van der Waals surface area contributed by atoms with Crippen LogP contribution in [0.4, 0.5) is 17.6 Å². The van der Waals surface area contributed by atoms with Crippen LogP contribution in [0.1, 0.15) is 33.2 Å². The van der Waals surface area contributed by atoms with Crippen molar-refractivity contribution in [2.24, 2.45) is 11.8 Å². The summed E-state index contributed by atoms with van der Waals surface area (Å²) in [6.45, 7) is 2.68. The highest BCUT2D eigenvalue weighted by Crippen LogP contribution is 2.48. The first-order chi connectivity index (χ1) is 16.7. The summed E-state index contributed by atoms with van der Waals surface area (Å²) in [6, 6.07) is 13.2. The largest absolute Gasteiger partial charge is 0.493 e. The minimum Gasteiger partial charge on any atom is -0.493 e. The lowest BCUT2D eigenvalue weighted by molar-refractivity contribution is -0.137. The molecule has 35 heavy (non-hydrogen) atoms. The van der Waals surface area contributed by atoms with E-state index in [1.165, 1.54) is 30.3 Å². The fraction of sp³-hybridized carbons (Fsp3) is 0.308. The highest BCUT2D eigenvalue weighted by Gasteiger charge is 2.48. The number of benzene rings is 2. The third-order valence-corrected chi connectivity index (χ3v) is 6.53. The molecular weight excluding hydrogens is 464 g/mol. The summed E-state index contributed by atoms with van der Waals surface area (Å²) in [6.07, 6.45) is -4.50. The molecule has 2 aliphatic heterocycles. The van der Waals surface area contributed by atoms with E-state index in [0.717, 1.165) is 17.8 Å². The van der Waals surface area contributed by atoms with E-state index in [1.54, 1.807) is 11.0 Å². The molecule has 9 heteroatoms. The Morgan fingerprint density at radius 3 is 2.63 bits per heavy atom. The van der Waals surface area contributed by atoms with Gasteiger partial charge in [-0.1, -0.05) is 6.07 Å². The lowest BCUT2D eigenvalue weighted by Crippen LogP contribution is -2.35. The van der Waals surface area contributed by atoms with Gasteiger partial charge in [-0.2, -0.15) is 13.2 Å². The molecule has 3 aromatic rings. The fourth-order valence-corrected chi connectivity index (χ4v) is 4.83. The van der Waals surface area contributed by atoms with Crippen molar-refractivity contribution in [1.29, 1.82) is 0 Å². The molecule has 1 fully saturated rings. The Labute approximate surface area is 199 Å². The van der Waals surface area contributed by atoms with Crippen molar-refractivity contribution in [2.45, 2.75) is 19.1 Å². The lowest BCUT2D eigenvalue weighted by Gasteiger charge is -2.34. The number of likely N-dealkylation sites (tertiary alicyclic amines) is 1. The molecule has 5 nitrogen and oxygen atoms in total. The molecule has 0 bridgehead atoms. The van der Waals surface area contributed by atoms with Crippen LogP contribution in [-0.2, 0) is 6.18 Å². The van der Waals surface area contributed by atoms with Gasteiger partial charge in [0.05, 0.1) is 24.8 Å². The second-order valence-corrected chi connectivity index (χ2v) is 8.82. The van der Waals surface area contributed by atoms with Gasteiger partial charge in [0.2, 0.25) is 5.88 Å². The van der Waals surface area contributed by atoms with Crippen LogP contribution in [0.5, 0.6) is 11.6 Å². The summed E-state index contributed by atoms with van der Waals surface area (Å²) in [4.78, 5) is 19.4. The normalized spacial score (nSPS) is 21.2. The first-order valence-electron chi connectivity index (χ1n) is 11.2. The maximum absolute atomic E-state index is 14.2. The minimum atomic E-state index is -4.50. The average molecular weight is 486 g/mol. The molecule has 5 rings (SSSR count). The van der Waals surface area contributed by atoms with Crippen molar-refractivity contribution in [1.82, 2.24) is 9.88 Å². The van der Waals surface area contributed by atoms with Gasteiger partial charge in [-0.05, 0) is 55.5 Å². The Kier molecular flexibility index (Phi) is 5.86. The third-order valence-electron chi connectivity index (χ3n) is 6.53. The van der Waals surface area contributed by atoms with E-state index in [9.17, 15) is 22.4 Å². The Balaban J connectivity index is 1.45. The number of fused-ring (bicyclic) bond motifs is 3. The van der Waals surface area contributed by atoms with Gasteiger partial charge >= 0.3 is 6.18 Å². The molecule has 0 unspecified atom stereocenters. The maximum atomic E-state index is 14.2. The zero-order valence-electron chi connectivity index (χ0n) is 18.8. The van der Waals surface area contributed by atoms with Gasteiger partial charge in [0.1, 0.15) is 11.6 Å². The number of hydrogen-bond donors (Lipinski definition) is 0. The quantitative estimate of drug-likeness (QED) is 0.461. The predicted molar refractivity (Wildman–Crippen MR) is 119 cm³/mol. The number of hydrogen-bond acceptors (Lipinski definition) is 4. The second-order valence-electron chi connectivity index (χ2n) is 8.82. The van der Waals surface area contributed by atoms with E-state index in [-0.39, 0.29) is 30.6 Å². The number of nitrogens with zero attached hydrogens (tertiary/aromatic N) is 2. The van der Waals surface area contributed by atoms with Crippen molar-refractivity contribution >= 4 is 5.91 Å². The Morgan fingerprint density at radius 1 is 1.14 bits per heavy atom. The Hall–Kier alpha value is -3.62. The van der Waals surface area contributed by atoms with E-state index < -0.39 is 29.5 Å². The monoisotopic (exact) mass is 486 g/mol. The minimum absolute atomic E-state index is 0.128. The second kappa shape index (κ2) is 8.87. The summed E-state index contributed by atoms with van der Waals surface area (Å²) in [5.41, 5.74) is 0.640. The van der Waals surface area contributed by atoms with Gasteiger partial charge in [-0.15, -0.1) is 0 Å². The van der Waals surface area contributed by atoms with E-state index in [4.69, 9.17) is 9.47 Å². The summed E-state index contributed by atoms with van der Waals surface area (Å²) < 4.78 is 64.9. The zero-order chi connectivity index (χ0) is 24.7. The summed E-state index contributed by atoms with van der Waals surface area (Å²) >= 11 is 0. The Morgan fingerprint density at radius 2 is 1.91 bits per heavy atom. The van der Waals surface area contributed by atoms with E-state index in [0.29, 0.717) is 23.8 Å². The van der Waals surface area contributed by atoms with Gasteiger partial charge in [0, 0.05) is 41.3 Å². The van der Waals surface area contributed by atoms with E-state index in [1.807, 2.05) is 19.1 Å². The summed E-state index contributed by atoms with van der Waals surface area (Å²) in [5.74, 6) is -0.290. The molecule has 2 aliphatic rings. The highest BCUT2D eigenvalue weighted by molar-refractivity contribution is 5.95. The average Bonchev–Trinajstić information content (AvgIpc) is 3.21. The van der Waals surface area contributed by atoms with Crippen molar-refractivity contribution in [3.63, 3.8) is 0 Å². The van der Waals surface area contributed by atoms with Crippen LogP contribution >= 0.6 is 0 Å². The van der Waals surface area contributed by atoms with Gasteiger partial charge in [0.25, 0.3) is 5.91 Å². The predicted octanol–water partition coefficient (Wildman–Crippen LogP) is 5.45. The highest BCUT2D eigenvalue weighted by atomic mass is 19.4. The fourth-order valence-electron chi connectivity index (χ4n) is 4.83. The number of rotatable bonds is 4. The number of carbonyl (C=O) groups excluding carboxylic acids is 1. The van der Waals surface area contributed by atoms with Crippen molar-refractivity contribution < 1.29 is 31.8 Å². The van der Waals surface area contributed by atoms with Gasteiger partial charge in [-0.25, -0.2) is 9.37 Å². The van der Waals surface area contributed by atoms with Gasteiger partial charge in [0.15, 0.2) is 0 Å². The van der Waals surface area contributed by atoms with E-state index in [2.05, 4.69) is 4.98 Å². The van der Waals surface area contributed by atoms with Gasteiger partial charge < -0.3 is 14.4 Å². The molecule has 2 aromatic carbocycles. The van der Waals surface area contributed by atoms with Crippen LogP contribution in [0.2, 0.25) is 0 Å². The number of alkyl halides is 3. The van der Waals surface area contributed by atoms with Gasteiger partial charge in [-0.3, -0.25) is 4.79 Å². The Bertz CT molecular complexity index is 1250. The number of halogens is 4. The molecule has 1 saturated heterocycles. The molecule has 3 heterocycles. The molecule has 0 aliphatic carbocycles. The molecule has 182 valence electrons. The molecule has 0 saturated carbocycles. The smallest absolute Gasteiger partial charge is 0.416 e. The number of carbonyl (C=O) groups is 1. The summed E-state index contributed by atoms with van der Waals surface area (Å²) in [5, 5.41) is 0. The molecular formula is C26H22F4N2O3. The van der Waals surface area contributed by atoms with Crippen LogP contribution in [0.3, 0.4) is 0 Å².